The van der Waals surface area contributed by atoms with E-state index < -0.39 is 12.0 Å². The number of carbonyl (C=O) groups is 3. The average Bonchev–Trinajstić information content (AvgIpc) is 2.78. The Hall–Kier alpha value is -3.55. The molecule has 8 heteroatoms. The molecule has 164 valence electrons. The summed E-state index contributed by atoms with van der Waals surface area (Å²) >= 11 is 0. The molecule has 0 aliphatic carbocycles. The molecule has 2 aromatic carbocycles. The molecule has 3 rings (SSSR count). The minimum atomic E-state index is -0.560. The van der Waals surface area contributed by atoms with Crippen molar-refractivity contribution in [3.63, 3.8) is 0 Å². The summed E-state index contributed by atoms with van der Waals surface area (Å²) < 4.78 is 10.7. The van der Waals surface area contributed by atoms with Gasteiger partial charge in [-0.1, -0.05) is 24.3 Å². The molecule has 0 spiro atoms. The van der Waals surface area contributed by atoms with E-state index in [4.69, 9.17) is 15.2 Å². The molecule has 8 nitrogen and oxygen atoms in total. The second-order valence-electron chi connectivity index (χ2n) is 7.30. The number of hydrogen-bond acceptors (Lipinski definition) is 5. The number of nitrogens with zero attached hydrogens (tertiary/aromatic N) is 1. The predicted octanol–water partition coefficient (Wildman–Crippen LogP) is 2.72. The first-order valence-electron chi connectivity index (χ1n) is 10.3. The summed E-state index contributed by atoms with van der Waals surface area (Å²) in [6, 6.07) is 13.8. The third kappa shape index (κ3) is 5.97. The molecule has 1 aliphatic rings. The second-order valence-corrected chi connectivity index (χ2v) is 7.30. The van der Waals surface area contributed by atoms with Gasteiger partial charge in [-0.3, -0.25) is 9.59 Å². The zero-order chi connectivity index (χ0) is 22.2. The SMILES string of the molecule is CCOC(=O)NC1CCCN(C(=O)c2cccc(COc3ccccc3C(N)=O)c2)C1. The van der Waals surface area contributed by atoms with Crippen molar-refractivity contribution in [3.8, 4) is 5.75 Å². The molecule has 1 fully saturated rings. The maximum atomic E-state index is 13.0. The number of rotatable bonds is 7. The van der Waals surface area contributed by atoms with Gasteiger partial charge in [0.1, 0.15) is 12.4 Å². The van der Waals surface area contributed by atoms with Crippen molar-refractivity contribution < 1.29 is 23.9 Å². The Morgan fingerprint density at radius 3 is 2.74 bits per heavy atom. The molecule has 1 saturated heterocycles. The highest BCUT2D eigenvalue weighted by molar-refractivity contribution is 5.95. The molecular formula is C23H27N3O5. The normalized spacial score (nSPS) is 15.8. The molecule has 1 heterocycles. The average molecular weight is 425 g/mol. The van der Waals surface area contributed by atoms with Gasteiger partial charge in [-0.15, -0.1) is 0 Å². The number of amides is 3. The van der Waals surface area contributed by atoms with E-state index >= 15 is 0 Å². The fourth-order valence-corrected chi connectivity index (χ4v) is 3.55. The molecule has 1 atom stereocenters. The fourth-order valence-electron chi connectivity index (χ4n) is 3.55. The maximum Gasteiger partial charge on any atom is 0.407 e. The van der Waals surface area contributed by atoms with Crippen LogP contribution in [0.4, 0.5) is 4.79 Å². The van der Waals surface area contributed by atoms with Crippen LogP contribution in [0.1, 0.15) is 46.0 Å². The van der Waals surface area contributed by atoms with E-state index in [9.17, 15) is 14.4 Å². The van der Waals surface area contributed by atoms with Crippen LogP contribution in [0.25, 0.3) is 0 Å². The molecule has 1 unspecified atom stereocenters. The third-order valence-corrected chi connectivity index (χ3v) is 5.03. The molecule has 3 N–H and O–H groups in total. The van der Waals surface area contributed by atoms with Crippen molar-refractivity contribution in [1.82, 2.24) is 10.2 Å². The van der Waals surface area contributed by atoms with Gasteiger partial charge < -0.3 is 25.4 Å². The monoisotopic (exact) mass is 425 g/mol. The molecule has 0 bridgehead atoms. The summed E-state index contributed by atoms with van der Waals surface area (Å²) in [5.74, 6) is -0.263. The summed E-state index contributed by atoms with van der Waals surface area (Å²) in [6.45, 7) is 3.31. The van der Waals surface area contributed by atoms with Crippen LogP contribution >= 0.6 is 0 Å². The van der Waals surface area contributed by atoms with Crippen LogP contribution in [0.3, 0.4) is 0 Å². The lowest BCUT2D eigenvalue weighted by atomic mass is 10.0. The quantitative estimate of drug-likeness (QED) is 0.709. The number of likely N-dealkylation sites (tertiary alicyclic amines) is 1. The van der Waals surface area contributed by atoms with Crippen molar-refractivity contribution in [2.75, 3.05) is 19.7 Å². The van der Waals surface area contributed by atoms with Crippen molar-refractivity contribution in [3.05, 3.63) is 65.2 Å². The van der Waals surface area contributed by atoms with Gasteiger partial charge in [-0.2, -0.15) is 0 Å². The van der Waals surface area contributed by atoms with Gasteiger partial charge in [-0.25, -0.2) is 4.79 Å². The third-order valence-electron chi connectivity index (χ3n) is 5.03. The van der Waals surface area contributed by atoms with Crippen LogP contribution < -0.4 is 15.8 Å². The van der Waals surface area contributed by atoms with E-state index in [1.165, 1.54) is 0 Å². The Bertz CT molecular complexity index is 946. The molecule has 0 saturated carbocycles. The Balaban J connectivity index is 1.63. The highest BCUT2D eigenvalue weighted by Crippen LogP contribution is 2.20. The summed E-state index contributed by atoms with van der Waals surface area (Å²) in [5, 5.41) is 2.81. The standard InChI is InChI=1S/C23H27N3O5/c1-2-30-23(29)25-18-9-6-12-26(14-18)22(28)17-8-5-7-16(13-17)15-31-20-11-4-3-10-19(20)21(24)27/h3-5,7-8,10-11,13,18H,2,6,9,12,14-15H2,1H3,(H2,24,27)(H,25,29). The number of nitrogens with two attached hydrogens (primary N) is 1. The van der Waals surface area contributed by atoms with Gasteiger partial charge in [0, 0.05) is 24.7 Å². The second kappa shape index (κ2) is 10.5. The smallest absolute Gasteiger partial charge is 0.407 e. The first-order valence-corrected chi connectivity index (χ1v) is 10.3. The lowest BCUT2D eigenvalue weighted by Gasteiger charge is -2.33. The topological polar surface area (TPSA) is 111 Å². The van der Waals surface area contributed by atoms with E-state index in [1.807, 2.05) is 6.07 Å². The maximum absolute atomic E-state index is 13.0. The Labute approximate surface area is 181 Å². The van der Waals surface area contributed by atoms with Crippen LogP contribution in [0.2, 0.25) is 0 Å². The van der Waals surface area contributed by atoms with E-state index in [0.29, 0.717) is 36.6 Å². The lowest BCUT2D eigenvalue weighted by Crippen LogP contribution is -2.49. The van der Waals surface area contributed by atoms with Crippen molar-refractivity contribution in [2.24, 2.45) is 5.73 Å². The van der Waals surface area contributed by atoms with E-state index in [-0.39, 0.29) is 18.6 Å². The Morgan fingerprint density at radius 1 is 1.16 bits per heavy atom. The molecule has 0 aromatic heterocycles. The number of nitrogens with one attached hydrogen (secondary N) is 1. The van der Waals surface area contributed by atoms with Gasteiger partial charge in [-0.05, 0) is 49.6 Å². The molecule has 31 heavy (non-hydrogen) atoms. The molecule has 0 radical (unpaired) electrons. The summed E-state index contributed by atoms with van der Waals surface area (Å²) in [6.07, 6.45) is 1.14. The lowest BCUT2D eigenvalue weighted by molar-refractivity contribution is 0.0686. The number of benzene rings is 2. The number of para-hydroxylation sites is 1. The largest absolute Gasteiger partial charge is 0.488 e. The predicted molar refractivity (Wildman–Crippen MR) is 115 cm³/mol. The van der Waals surface area contributed by atoms with Crippen molar-refractivity contribution >= 4 is 17.9 Å². The van der Waals surface area contributed by atoms with E-state index in [2.05, 4.69) is 5.32 Å². The Morgan fingerprint density at radius 2 is 1.97 bits per heavy atom. The molecule has 1 aliphatic heterocycles. The van der Waals surface area contributed by atoms with Crippen LogP contribution in [0, 0.1) is 0 Å². The number of piperidine rings is 1. The van der Waals surface area contributed by atoms with Crippen molar-refractivity contribution in [1.29, 1.82) is 0 Å². The minimum Gasteiger partial charge on any atom is -0.488 e. The van der Waals surface area contributed by atoms with Crippen LogP contribution in [0.5, 0.6) is 5.75 Å². The number of hydrogen-bond donors (Lipinski definition) is 2. The van der Waals surface area contributed by atoms with Gasteiger partial charge >= 0.3 is 6.09 Å². The zero-order valence-corrected chi connectivity index (χ0v) is 17.5. The number of carbonyl (C=O) groups excluding carboxylic acids is 3. The number of primary amides is 1. The minimum absolute atomic E-state index is 0.102. The molecule has 2 aromatic rings. The summed E-state index contributed by atoms with van der Waals surface area (Å²) in [4.78, 5) is 38.0. The summed E-state index contributed by atoms with van der Waals surface area (Å²) in [5.41, 5.74) is 7.03. The van der Waals surface area contributed by atoms with Gasteiger partial charge in [0.25, 0.3) is 11.8 Å². The van der Waals surface area contributed by atoms with Crippen molar-refractivity contribution in [2.45, 2.75) is 32.4 Å². The number of alkyl carbamates (subject to hydrolysis) is 1. The molecule has 3 amide bonds. The Kier molecular flexibility index (Phi) is 7.48. The van der Waals surface area contributed by atoms with E-state index in [0.717, 1.165) is 18.4 Å². The molecular weight excluding hydrogens is 398 g/mol. The zero-order valence-electron chi connectivity index (χ0n) is 17.5. The highest BCUT2D eigenvalue weighted by Gasteiger charge is 2.26. The van der Waals surface area contributed by atoms with Gasteiger partial charge in [0.2, 0.25) is 0 Å². The number of ether oxygens (including phenoxy) is 2. The highest BCUT2D eigenvalue weighted by atomic mass is 16.5. The summed E-state index contributed by atoms with van der Waals surface area (Å²) in [7, 11) is 0. The van der Waals surface area contributed by atoms with Gasteiger partial charge in [0.05, 0.1) is 12.2 Å². The van der Waals surface area contributed by atoms with Crippen LogP contribution in [-0.4, -0.2) is 48.5 Å². The van der Waals surface area contributed by atoms with Crippen LogP contribution in [0.15, 0.2) is 48.5 Å². The van der Waals surface area contributed by atoms with Crippen LogP contribution in [-0.2, 0) is 11.3 Å². The fraction of sp³-hybridized carbons (Fsp3) is 0.348. The first kappa shape index (κ1) is 22.1. The van der Waals surface area contributed by atoms with Gasteiger partial charge in [0.15, 0.2) is 0 Å². The van der Waals surface area contributed by atoms with E-state index in [1.54, 1.807) is 54.3 Å². The first-order chi connectivity index (χ1) is 15.0.